The molecule has 3 N–H and O–H groups in total. The van der Waals surface area contributed by atoms with Crippen molar-refractivity contribution >= 4 is 19.8 Å². The van der Waals surface area contributed by atoms with Crippen LogP contribution < -0.4 is 0 Å². The molecule has 0 aliphatic carbocycles. The second kappa shape index (κ2) is 37.2. The molecule has 0 amide bonds. The summed E-state index contributed by atoms with van der Waals surface area (Å²) in [6.45, 7) is 2.06. The summed E-state index contributed by atoms with van der Waals surface area (Å²) in [5, 5.41) is 18.3. The van der Waals surface area contributed by atoms with Crippen LogP contribution in [0.4, 0.5) is 0 Å². The van der Waals surface area contributed by atoms with Crippen molar-refractivity contribution in [1.29, 1.82) is 0 Å². The van der Waals surface area contributed by atoms with Crippen molar-refractivity contribution in [2.75, 3.05) is 26.4 Å². The fourth-order valence-corrected chi connectivity index (χ4v) is 5.22. The average molecular weight is 763 g/mol. The van der Waals surface area contributed by atoms with E-state index >= 15 is 0 Å². The first-order valence-electron chi connectivity index (χ1n) is 19.3. The van der Waals surface area contributed by atoms with Crippen molar-refractivity contribution in [2.24, 2.45) is 0 Å². The van der Waals surface area contributed by atoms with Crippen LogP contribution in [0.15, 0.2) is 97.2 Å². The summed E-state index contributed by atoms with van der Waals surface area (Å²) < 4.78 is 32.5. The summed E-state index contributed by atoms with van der Waals surface area (Å²) in [4.78, 5) is 34.8. The van der Waals surface area contributed by atoms with E-state index in [1.54, 1.807) is 0 Å². The lowest BCUT2D eigenvalue weighted by molar-refractivity contribution is -0.161. The van der Waals surface area contributed by atoms with Crippen LogP contribution in [0.2, 0.25) is 0 Å². The average Bonchev–Trinajstić information content (AvgIpc) is 3.14. The molecule has 0 bridgehead atoms. The van der Waals surface area contributed by atoms with Gasteiger partial charge < -0.3 is 24.6 Å². The molecule has 0 spiro atoms. The van der Waals surface area contributed by atoms with Gasteiger partial charge in [-0.3, -0.25) is 18.6 Å². The minimum absolute atomic E-state index is 0.0614. The number of esters is 2. The van der Waals surface area contributed by atoms with Crippen LogP contribution in [-0.2, 0) is 32.7 Å². The number of allylic oxidation sites excluding steroid dienone is 16. The molecule has 53 heavy (non-hydrogen) atoms. The molecule has 0 fully saturated rings. The van der Waals surface area contributed by atoms with Gasteiger partial charge in [-0.2, -0.15) is 0 Å². The van der Waals surface area contributed by atoms with E-state index in [4.69, 9.17) is 19.1 Å². The molecular formula is C42H67O10P. The molecule has 0 rings (SSSR count). The van der Waals surface area contributed by atoms with Gasteiger partial charge in [0.25, 0.3) is 0 Å². The van der Waals surface area contributed by atoms with Crippen LogP contribution in [0.3, 0.4) is 0 Å². The van der Waals surface area contributed by atoms with Gasteiger partial charge in [-0.1, -0.05) is 150 Å². The Bertz CT molecular complexity index is 1200. The zero-order valence-corrected chi connectivity index (χ0v) is 33.1. The number of aliphatic hydroxyl groups excluding tert-OH is 2. The lowest BCUT2D eigenvalue weighted by atomic mass is 10.1. The molecule has 0 aromatic rings. The van der Waals surface area contributed by atoms with E-state index in [-0.39, 0.29) is 19.4 Å². The maximum Gasteiger partial charge on any atom is 0.472 e. The van der Waals surface area contributed by atoms with Crippen molar-refractivity contribution in [2.45, 2.75) is 129 Å². The highest BCUT2D eigenvalue weighted by atomic mass is 31.2. The molecule has 0 aromatic heterocycles. The zero-order chi connectivity index (χ0) is 39.1. The molecule has 0 aliphatic rings. The highest BCUT2D eigenvalue weighted by Gasteiger charge is 2.27. The van der Waals surface area contributed by atoms with E-state index in [1.807, 2.05) is 72.9 Å². The first kappa shape index (κ1) is 49.9. The molecule has 0 saturated heterocycles. The van der Waals surface area contributed by atoms with Gasteiger partial charge in [-0.05, 0) is 51.4 Å². The second-order valence-corrected chi connectivity index (χ2v) is 13.8. The van der Waals surface area contributed by atoms with E-state index in [1.165, 1.54) is 38.5 Å². The van der Waals surface area contributed by atoms with Gasteiger partial charge in [0, 0.05) is 12.8 Å². The van der Waals surface area contributed by atoms with E-state index < -0.39 is 51.8 Å². The molecule has 0 heterocycles. The van der Waals surface area contributed by atoms with Gasteiger partial charge in [0.1, 0.15) is 12.7 Å². The SMILES string of the molecule is CC/C=C/C=C/C=C/C=C/C=C/C=C/CCCCCC(=O)OCC(COP(=O)(O)OC[C@@H](O)CO)OC(=O)CC/C=C/C/C=C/CCCCCCCC. The number of carbonyl (C=O) groups excluding carboxylic acids is 2. The van der Waals surface area contributed by atoms with Crippen LogP contribution in [-0.4, -0.2) is 65.7 Å². The lowest BCUT2D eigenvalue weighted by Gasteiger charge is -2.20. The van der Waals surface area contributed by atoms with Crippen LogP contribution in [0.25, 0.3) is 0 Å². The first-order valence-corrected chi connectivity index (χ1v) is 20.8. The highest BCUT2D eigenvalue weighted by molar-refractivity contribution is 7.47. The molecule has 0 radical (unpaired) electrons. The zero-order valence-electron chi connectivity index (χ0n) is 32.2. The van der Waals surface area contributed by atoms with Gasteiger partial charge in [-0.25, -0.2) is 4.57 Å². The van der Waals surface area contributed by atoms with Crippen LogP contribution in [0.1, 0.15) is 117 Å². The first-order chi connectivity index (χ1) is 25.7. The van der Waals surface area contributed by atoms with E-state index in [0.29, 0.717) is 12.8 Å². The number of rotatable bonds is 34. The molecule has 0 aromatic carbocycles. The standard InChI is InChI=1S/C42H67O10P/c1-3-5-7-9-11-13-15-17-18-19-20-22-23-25-27-29-31-33-41(45)49-37-40(38-51-53(47,48)50-36-39(44)35-43)52-42(46)34-32-30-28-26-24-21-16-14-12-10-8-6-4-2/h5,7,9,11,13,15,17-24,28,30,39-40,43-44H,3-4,6,8,10,12,14,16,25-27,29,31-38H2,1-2H3,(H,47,48)/b7-5+,11-9+,15-13+,18-17+,20-19+,23-22+,24-21+,30-28+/t39-,40?/m0/s1. The van der Waals surface area contributed by atoms with Crippen LogP contribution in [0, 0.1) is 0 Å². The Morgan fingerprint density at radius 3 is 1.79 bits per heavy atom. The van der Waals surface area contributed by atoms with E-state index in [9.17, 15) is 24.2 Å². The topological polar surface area (TPSA) is 149 Å². The minimum atomic E-state index is -4.64. The molecule has 300 valence electrons. The van der Waals surface area contributed by atoms with Crippen molar-refractivity contribution in [1.82, 2.24) is 0 Å². The van der Waals surface area contributed by atoms with E-state index in [0.717, 1.165) is 38.5 Å². The molecule has 2 unspecified atom stereocenters. The number of hydrogen-bond donors (Lipinski definition) is 3. The van der Waals surface area contributed by atoms with Crippen molar-refractivity contribution in [3.63, 3.8) is 0 Å². The Morgan fingerprint density at radius 1 is 0.604 bits per heavy atom. The fourth-order valence-electron chi connectivity index (χ4n) is 4.43. The monoisotopic (exact) mass is 762 g/mol. The van der Waals surface area contributed by atoms with Crippen LogP contribution in [0.5, 0.6) is 0 Å². The smallest absolute Gasteiger partial charge is 0.462 e. The largest absolute Gasteiger partial charge is 0.472 e. The number of carbonyl (C=O) groups is 2. The molecule has 10 nitrogen and oxygen atoms in total. The number of ether oxygens (including phenoxy) is 2. The maximum absolute atomic E-state index is 12.5. The fraction of sp³-hybridized carbons (Fsp3) is 0.571. The maximum atomic E-state index is 12.5. The molecule has 0 saturated carbocycles. The number of phosphoric ester groups is 1. The van der Waals surface area contributed by atoms with Crippen molar-refractivity contribution < 1.29 is 47.8 Å². The Balaban J connectivity index is 4.56. The summed E-state index contributed by atoms with van der Waals surface area (Å²) in [7, 11) is -4.64. The quantitative estimate of drug-likeness (QED) is 0.0190. The summed E-state index contributed by atoms with van der Waals surface area (Å²) in [5.74, 6) is -1.07. The third kappa shape index (κ3) is 37.0. The Labute approximate surface area is 319 Å². The number of unbranched alkanes of at least 4 members (excludes halogenated alkanes) is 9. The van der Waals surface area contributed by atoms with Gasteiger partial charge in [0.2, 0.25) is 0 Å². The van der Waals surface area contributed by atoms with Crippen molar-refractivity contribution in [3.05, 3.63) is 97.2 Å². The van der Waals surface area contributed by atoms with Gasteiger partial charge in [0.15, 0.2) is 6.10 Å². The third-order valence-electron chi connectivity index (χ3n) is 7.40. The summed E-state index contributed by atoms with van der Waals surface area (Å²) in [6, 6.07) is 0. The van der Waals surface area contributed by atoms with Crippen LogP contribution >= 0.6 is 7.82 Å². The molecular weight excluding hydrogens is 695 g/mol. The normalized spacial score (nSPS) is 15.0. The third-order valence-corrected chi connectivity index (χ3v) is 8.35. The van der Waals surface area contributed by atoms with Crippen molar-refractivity contribution in [3.8, 4) is 0 Å². The van der Waals surface area contributed by atoms with E-state index in [2.05, 4.69) is 42.7 Å². The van der Waals surface area contributed by atoms with Gasteiger partial charge >= 0.3 is 19.8 Å². The predicted molar refractivity (Wildman–Crippen MR) is 214 cm³/mol. The lowest BCUT2D eigenvalue weighted by Crippen LogP contribution is -2.29. The van der Waals surface area contributed by atoms with Gasteiger partial charge in [-0.15, -0.1) is 0 Å². The summed E-state index contributed by atoms with van der Waals surface area (Å²) in [5.41, 5.74) is 0. The Kier molecular flexibility index (Phi) is 35.0. The number of hydrogen-bond acceptors (Lipinski definition) is 9. The summed E-state index contributed by atoms with van der Waals surface area (Å²) in [6.07, 6.45) is 43.9. The number of phosphoric acid groups is 1. The van der Waals surface area contributed by atoms with Gasteiger partial charge in [0.05, 0.1) is 19.8 Å². The molecule has 3 atom stereocenters. The minimum Gasteiger partial charge on any atom is -0.462 e. The summed E-state index contributed by atoms with van der Waals surface area (Å²) >= 11 is 0. The molecule has 11 heteroatoms. The Morgan fingerprint density at radius 2 is 1.15 bits per heavy atom. The Hall–Kier alpha value is -3.11. The highest BCUT2D eigenvalue weighted by Crippen LogP contribution is 2.43. The second-order valence-electron chi connectivity index (χ2n) is 12.4. The molecule has 0 aliphatic heterocycles. The predicted octanol–water partition coefficient (Wildman–Crippen LogP) is 9.66. The number of aliphatic hydroxyl groups is 2.